The van der Waals surface area contributed by atoms with E-state index in [1.54, 1.807) is 32.3 Å². The van der Waals surface area contributed by atoms with E-state index >= 15 is 0 Å². The number of unbranched alkanes of at least 4 members (excludes halogenated alkanes) is 3. The first kappa shape index (κ1) is 28.6. The number of hydrogen-bond donors (Lipinski definition) is 2. The summed E-state index contributed by atoms with van der Waals surface area (Å²) in [4.78, 5) is 36.5. The van der Waals surface area contributed by atoms with Gasteiger partial charge in [0, 0.05) is 39.0 Å². The molecule has 0 aliphatic heterocycles. The van der Waals surface area contributed by atoms with Gasteiger partial charge in [-0.15, -0.1) is 0 Å². The summed E-state index contributed by atoms with van der Waals surface area (Å²) < 4.78 is 5.95. The topological polar surface area (TPSA) is 95.9 Å². The van der Waals surface area contributed by atoms with Crippen LogP contribution in [0.25, 0.3) is 6.08 Å². The van der Waals surface area contributed by atoms with Gasteiger partial charge in [0.1, 0.15) is 5.75 Å². The van der Waals surface area contributed by atoms with E-state index in [0.29, 0.717) is 37.3 Å². The highest BCUT2D eigenvalue weighted by Gasteiger charge is 2.11. The Balaban J connectivity index is 1.79. The van der Waals surface area contributed by atoms with E-state index in [0.717, 1.165) is 31.2 Å². The van der Waals surface area contributed by atoms with Crippen molar-refractivity contribution < 1.29 is 24.2 Å². The number of aliphatic carboxylic acids is 1. The van der Waals surface area contributed by atoms with Crippen molar-refractivity contribution in [2.45, 2.75) is 57.8 Å². The van der Waals surface area contributed by atoms with Gasteiger partial charge in [-0.25, -0.2) is 0 Å². The predicted molar refractivity (Wildman–Crippen MR) is 143 cm³/mol. The molecule has 2 N–H and O–H groups in total. The van der Waals surface area contributed by atoms with Gasteiger partial charge in [0.05, 0.1) is 6.61 Å². The Labute approximate surface area is 214 Å². The molecule has 7 heteroatoms. The van der Waals surface area contributed by atoms with Crippen LogP contribution in [0.3, 0.4) is 0 Å². The summed E-state index contributed by atoms with van der Waals surface area (Å²) in [6.07, 6.45) is 9.67. The van der Waals surface area contributed by atoms with Crippen LogP contribution in [0.4, 0.5) is 5.69 Å². The van der Waals surface area contributed by atoms with Gasteiger partial charge in [-0.2, -0.15) is 0 Å². The van der Waals surface area contributed by atoms with Gasteiger partial charge in [0.25, 0.3) is 0 Å². The molecular formula is C29H38N2O5. The second-order valence-corrected chi connectivity index (χ2v) is 8.92. The molecule has 7 nitrogen and oxygen atoms in total. The van der Waals surface area contributed by atoms with Crippen LogP contribution in [0.1, 0.15) is 62.5 Å². The minimum atomic E-state index is -0.885. The average molecular weight is 495 g/mol. The van der Waals surface area contributed by atoms with Gasteiger partial charge >= 0.3 is 5.97 Å². The Morgan fingerprint density at radius 1 is 0.944 bits per heavy atom. The molecule has 0 heterocycles. The van der Waals surface area contributed by atoms with Crippen molar-refractivity contribution in [3.05, 3.63) is 65.7 Å². The van der Waals surface area contributed by atoms with Gasteiger partial charge in [0.2, 0.25) is 11.8 Å². The van der Waals surface area contributed by atoms with Crippen LogP contribution in [0.15, 0.2) is 54.6 Å². The van der Waals surface area contributed by atoms with Gasteiger partial charge in [-0.3, -0.25) is 14.4 Å². The van der Waals surface area contributed by atoms with Crippen molar-refractivity contribution in [3.8, 4) is 5.75 Å². The minimum absolute atomic E-state index is 0.0103. The number of carbonyl (C=O) groups is 3. The van der Waals surface area contributed by atoms with Crippen molar-refractivity contribution in [1.82, 2.24) is 4.90 Å². The highest BCUT2D eigenvalue weighted by Crippen LogP contribution is 2.25. The van der Waals surface area contributed by atoms with E-state index in [4.69, 9.17) is 9.84 Å². The van der Waals surface area contributed by atoms with Gasteiger partial charge in [-0.1, -0.05) is 42.5 Å². The average Bonchev–Trinajstić information content (AvgIpc) is 2.85. The van der Waals surface area contributed by atoms with Crippen LogP contribution in [-0.4, -0.2) is 48.5 Å². The van der Waals surface area contributed by atoms with E-state index < -0.39 is 5.97 Å². The normalized spacial score (nSPS) is 10.8. The van der Waals surface area contributed by atoms with Gasteiger partial charge < -0.3 is 20.1 Å². The molecule has 0 radical (unpaired) electrons. The number of amides is 2. The summed E-state index contributed by atoms with van der Waals surface area (Å²) in [5.41, 5.74) is 2.55. The summed E-state index contributed by atoms with van der Waals surface area (Å²) >= 11 is 0. The van der Waals surface area contributed by atoms with E-state index in [9.17, 15) is 14.4 Å². The summed E-state index contributed by atoms with van der Waals surface area (Å²) in [5, 5.41) is 11.9. The summed E-state index contributed by atoms with van der Waals surface area (Å²) in [5.74, 6) is -0.427. The van der Waals surface area contributed by atoms with Crippen molar-refractivity contribution in [2.75, 3.05) is 26.0 Å². The summed E-state index contributed by atoms with van der Waals surface area (Å²) in [7, 11) is 3.38. The number of allylic oxidation sites excluding steroid dienone is 1. The van der Waals surface area contributed by atoms with Crippen LogP contribution < -0.4 is 10.1 Å². The van der Waals surface area contributed by atoms with Crippen LogP contribution in [0.2, 0.25) is 0 Å². The molecule has 0 fully saturated rings. The first-order valence-corrected chi connectivity index (χ1v) is 12.5. The van der Waals surface area contributed by atoms with Gasteiger partial charge in [-0.05, 0) is 67.9 Å². The molecule has 2 aromatic rings. The van der Waals surface area contributed by atoms with Crippen LogP contribution in [0.5, 0.6) is 5.75 Å². The molecule has 2 amide bonds. The maximum Gasteiger partial charge on any atom is 0.303 e. The standard InChI is InChI=1S/C29H38N2O5/c1-31(2)28(33)16-11-15-27(32)30-25-18-19-26(24(22-25)17-20-29(34)35)36-21-10-5-3-4-7-12-23-13-8-6-9-14-23/h6-9,12-14,18-19,22H,3-5,10-11,15-17,20-21H2,1-2H3,(H,30,32)(H,34,35)/b12-7+. The zero-order valence-corrected chi connectivity index (χ0v) is 21.4. The molecule has 0 atom stereocenters. The fourth-order valence-corrected chi connectivity index (χ4v) is 3.59. The van der Waals surface area contributed by atoms with Crippen LogP contribution in [0, 0.1) is 0 Å². The predicted octanol–water partition coefficient (Wildman–Crippen LogP) is 5.55. The van der Waals surface area contributed by atoms with E-state index in [1.165, 1.54) is 10.5 Å². The number of rotatable bonds is 16. The number of hydrogen-bond acceptors (Lipinski definition) is 4. The van der Waals surface area contributed by atoms with Crippen molar-refractivity contribution >= 4 is 29.5 Å². The van der Waals surface area contributed by atoms with Crippen LogP contribution in [-0.2, 0) is 20.8 Å². The third-order valence-electron chi connectivity index (χ3n) is 5.63. The third-order valence-corrected chi connectivity index (χ3v) is 5.63. The lowest BCUT2D eigenvalue weighted by Crippen LogP contribution is -2.21. The van der Waals surface area contributed by atoms with Crippen molar-refractivity contribution in [3.63, 3.8) is 0 Å². The number of carboxylic acid groups (broad SMARTS) is 1. The second-order valence-electron chi connectivity index (χ2n) is 8.92. The van der Waals surface area contributed by atoms with E-state index in [1.807, 2.05) is 18.2 Å². The van der Waals surface area contributed by atoms with Crippen molar-refractivity contribution in [2.24, 2.45) is 0 Å². The number of ether oxygens (including phenoxy) is 1. The Morgan fingerprint density at radius 3 is 2.44 bits per heavy atom. The Morgan fingerprint density at radius 2 is 1.72 bits per heavy atom. The smallest absolute Gasteiger partial charge is 0.303 e. The molecule has 0 saturated carbocycles. The first-order chi connectivity index (χ1) is 17.3. The minimum Gasteiger partial charge on any atom is -0.493 e. The highest BCUT2D eigenvalue weighted by atomic mass is 16.5. The van der Waals surface area contributed by atoms with Crippen molar-refractivity contribution in [1.29, 1.82) is 0 Å². The molecular weight excluding hydrogens is 456 g/mol. The fourth-order valence-electron chi connectivity index (χ4n) is 3.59. The Kier molecular flexibility index (Phi) is 12.8. The number of nitrogens with zero attached hydrogens (tertiary/aromatic N) is 1. The molecule has 194 valence electrons. The lowest BCUT2D eigenvalue weighted by atomic mass is 10.1. The number of benzene rings is 2. The number of nitrogens with one attached hydrogen (secondary N) is 1. The molecule has 0 spiro atoms. The maximum absolute atomic E-state index is 12.3. The summed E-state index contributed by atoms with van der Waals surface area (Å²) in [6.45, 7) is 0.550. The summed E-state index contributed by atoms with van der Waals surface area (Å²) in [6, 6.07) is 15.5. The molecule has 36 heavy (non-hydrogen) atoms. The first-order valence-electron chi connectivity index (χ1n) is 12.5. The second kappa shape index (κ2) is 16.1. The molecule has 0 aliphatic rings. The highest BCUT2D eigenvalue weighted by molar-refractivity contribution is 5.91. The van der Waals surface area contributed by atoms with E-state index in [2.05, 4.69) is 29.6 Å². The maximum atomic E-state index is 12.3. The SMILES string of the molecule is CN(C)C(=O)CCCC(=O)Nc1ccc(OCCCCC/C=C/c2ccccc2)c(CCC(=O)O)c1. The largest absolute Gasteiger partial charge is 0.493 e. The fraction of sp³-hybridized carbons (Fsp3) is 0.414. The quantitative estimate of drug-likeness (QED) is 0.298. The molecule has 2 rings (SSSR count). The number of carbonyl (C=O) groups excluding carboxylic acids is 2. The number of carboxylic acids is 1. The Hall–Kier alpha value is -3.61. The number of anilines is 1. The van der Waals surface area contributed by atoms with E-state index in [-0.39, 0.29) is 24.7 Å². The molecule has 0 unspecified atom stereocenters. The zero-order valence-electron chi connectivity index (χ0n) is 21.4. The molecule has 0 bridgehead atoms. The number of aryl methyl sites for hydroxylation is 1. The molecule has 2 aromatic carbocycles. The lowest BCUT2D eigenvalue weighted by Gasteiger charge is -2.14. The lowest BCUT2D eigenvalue weighted by molar-refractivity contribution is -0.137. The third kappa shape index (κ3) is 11.7. The monoisotopic (exact) mass is 494 g/mol. The van der Waals surface area contributed by atoms with Crippen LogP contribution >= 0.6 is 0 Å². The molecule has 0 saturated heterocycles. The zero-order chi connectivity index (χ0) is 26.2. The molecule has 0 aliphatic carbocycles. The molecule has 0 aromatic heterocycles. The Bertz CT molecular complexity index is 1000. The van der Waals surface area contributed by atoms with Gasteiger partial charge in [0.15, 0.2) is 0 Å².